The Labute approximate surface area is 108 Å². The van der Waals surface area contributed by atoms with Crippen molar-refractivity contribution in [2.24, 2.45) is 5.92 Å². The monoisotopic (exact) mass is 254 g/mol. The summed E-state index contributed by atoms with van der Waals surface area (Å²) in [6, 6.07) is 5.39. The fraction of sp³-hybridized carbons (Fsp3) is 0.462. The molecule has 1 aromatic carbocycles. The van der Waals surface area contributed by atoms with Crippen LogP contribution in [0.3, 0.4) is 0 Å². The number of urea groups is 1. The third-order valence-corrected chi connectivity index (χ3v) is 3.20. The first-order valence-electron chi connectivity index (χ1n) is 5.74. The van der Waals surface area contributed by atoms with Crippen LogP contribution in [0.4, 0.5) is 10.5 Å². The highest BCUT2D eigenvalue weighted by molar-refractivity contribution is 6.31. The Kier molecular flexibility index (Phi) is 4.82. The number of hydrogen-bond acceptors (Lipinski definition) is 1. The predicted octanol–water partition coefficient (Wildman–Crippen LogP) is 3.81. The molecular formula is C13H19ClN2O. The van der Waals surface area contributed by atoms with Crippen LogP contribution in [0.1, 0.15) is 26.3 Å². The molecule has 0 heterocycles. The Hall–Kier alpha value is -1.22. The lowest BCUT2D eigenvalue weighted by Crippen LogP contribution is -2.38. The van der Waals surface area contributed by atoms with Crippen molar-refractivity contribution in [2.75, 3.05) is 5.32 Å². The van der Waals surface area contributed by atoms with Gasteiger partial charge in [0.25, 0.3) is 0 Å². The quantitative estimate of drug-likeness (QED) is 0.846. The molecule has 0 radical (unpaired) electrons. The van der Waals surface area contributed by atoms with Crippen LogP contribution in [-0.2, 0) is 0 Å². The second-order valence-electron chi connectivity index (χ2n) is 4.60. The van der Waals surface area contributed by atoms with E-state index in [4.69, 9.17) is 11.6 Å². The number of carbonyl (C=O) groups excluding carboxylic acids is 1. The summed E-state index contributed by atoms with van der Waals surface area (Å²) < 4.78 is 0. The fourth-order valence-corrected chi connectivity index (χ4v) is 1.39. The number of anilines is 1. The summed E-state index contributed by atoms with van der Waals surface area (Å²) in [5.74, 6) is 0.405. The average molecular weight is 255 g/mol. The molecule has 1 rings (SSSR count). The highest BCUT2D eigenvalue weighted by atomic mass is 35.5. The smallest absolute Gasteiger partial charge is 0.319 e. The molecule has 0 aliphatic rings. The van der Waals surface area contributed by atoms with Gasteiger partial charge in [0.15, 0.2) is 0 Å². The predicted molar refractivity (Wildman–Crippen MR) is 72.6 cm³/mol. The molecule has 0 bridgehead atoms. The van der Waals surface area contributed by atoms with Gasteiger partial charge in [0.1, 0.15) is 0 Å². The zero-order valence-electron chi connectivity index (χ0n) is 10.7. The normalized spacial score (nSPS) is 12.4. The number of benzene rings is 1. The lowest BCUT2D eigenvalue weighted by atomic mass is 10.1. The molecule has 1 unspecified atom stereocenters. The number of nitrogens with one attached hydrogen (secondary N) is 2. The van der Waals surface area contributed by atoms with Crippen LogP contribution in [0.5, 0.6) is 0 Å². The average Bonchev–Trinajstić information content (AvgIpc) is 2.23. The molecule has 0 saturated carbocycles. The van der Waals surface area contributed by atoms with Crippen molar-refractivity contribution in [3.05, 3.63) is 28.8 Å². The molecule has 1 atom stereocenters. The number of amides is 2. The van der Waals surface area contributed by atoms with Gasteiger partial charge in [-0.1, -0.05) is 31.5 Å². The molecule has 0 fully saturated rings. The molecule has 1 aromatic rings. The van der Waals surface area contributed by atoms with Crippen molar-refractivity contribution >= 4 is 23.3 Å². The van der Waals surface area contributed by atoms with Crippen molar-refractivity contribution < 1.29 is 4.79 Å². The van der Waals surface area contributed by atoms with E-state index in [9.17, 15) is 4.79 Å². The van der Waals surface area contributed by atoms with Crippen molar-refractivity contribution in [3.63, 3.8) is 0 Å². The maximum absolute atomic E-state index is 11.7. The van der Waals surface area contributed by atoms with Gasteiger partial charge in [0.05, 0.1) is 0 Å². The molecule has 3 nitrogen and oxygen atoms in total. The molecule has 0 aliphatic heterocycles. The standard InChI is InChI=1S/C13H19ClN2O/c1-8(2)10(4)15-13(17)16-11-6-5-9(3)12(14)7-11/h5-8,10H,1-4H3,(H2,15,16,17). The Morgan fingerprint density at radius 2 is 1.94 bits per heavy atom. The van der Waals surface area contributed by atoms with E-state index < -0.39 is 0 Å². The molecular weight excluding hydrogens is 236 g/mol. The van der Waals surface area contributed by atoms with E-state index in [0.717, 1.165) is 5.56 Å². The minimum absolute atomic E-state index is 0.135. The first-order chi connectivity index (χ1) is 7.90. The van der Waals surface area contributed by atoms with Gasteiger partial charge >= 0.3 is 6.03 Å². The molecule has 4 heteroatoms. The Bertz CT molecular complexity index is 404. The number of aryl methyl sites for hydroxylation is 1. The first kappa shape index (κ1) is 13.8. The summed E-state index contributed by atoms with van der Waals surface area (Å²) in [7, 11) is 0. The van der Waals surface area contributed by atoms with Crippen molar-refractivity contribution in [1.29, 1.82) is 0 Å². The zero-order valence-corrected chi connectivity index (χ0v) is 11.4. The highest BCUT2D eigenvalue weighted by Crippen LogP contribution is 2.19. The van der Waals surface area contributed by atoms with Crippen molar-refractivity contribution in [3.8, 4) is 0 Å². The molecule has 0 aliphatic carbocycles. The summed E-state index contributed by atoms with van der Waals surface area (Å²) in [6.45, 7) is 8.03. The maximum atomic E-state index is 11.7. The SMILES string of the molecule is Cc1ccc(NC(=O)NC(C)C(C)C)cc1Cl. The van der Waals surface area contributed by atoms with Gasteiger partial charge in [-0.2, -0.15) is 0 Å². The van der Waals surface area contributed by atoms with Crippen LogP contribution in [0.2, 0.25) is 5.02 Å². The van der Waals surface area contributed by atoms with Crippen LogP contribution in [0.15, 0.2) is 18.2 Å². The second kappa shape index (κ2) is 5.92. The van der Waals surface area contributed by atoms with Gasteiger partial charge in [-0.3, -0.25) is 0 Å². The van der Waals surface area contributed by atoms with E-state index in [2.05, 4.69) is 24.5 Å². The summed E-state index contributed by atoms with van der Waals surface area (Å²) >= 11 is 5.98. The molecule has 17 heavy (non-hydrogen) atoms. The van der Waals surface area contributed by atoms with Crippen molar-refractivity contribution in [2.45, 2.75) is 33.7 Å². The largest absolute Gasteiger partial charge is 0.335 e. The van der Waals surface area contributed by atoms with E-state index in [0.29, 0.717) is 16.6 Å². The third kappa shape index (κ3) is 4.27. The second-order valence-corrected chi connectivity index (χ2v) is 5.00. The van der Waals surface area contributed by atoms with Crippen LogP contribution >= 0.6 is 11.6 Å². The molecule has 2 amide bonds. The number of carbonyl (C=O) groups is 1. The molecule has 2 N–H and O–H groups in total. The van der Waals surface area contributed by atoms with Crippen LogP contribution in [0.25, 0.3) is 0 Å². The van der Waals surface area contributed by atoms with Gasteiger partial charge in [-0.05, 0) is 37.5 Å². The minimum Gasteiger partial charge on any atom is -0.335 e. The van der Waals surface area contributed by atoms with Crippen LogP contribution in [0, 0.1) is 12.8 Å². The van der Waals surface area contributed by atoms with Gasteiger partial charge in [0.2, 0.25) is 0 Å². The van der Waals surface area contributed by atoms with E-state index in [1.165, 1.54) is 0 Å². The van der Waals surface area contributed by atoms with Gasteiger partial charge in [-0.15, -0.1) is 0 Å². The Balaban J connectivity index is 2.59. The first-order valence-corrected chi connectivity index (χ1v) is 6.11. The zero-order chi connectivity index (χ0) is 13.0. The molecule has 0 spiro atoms. The fourth-order valence-electron chi connectivity index (χ4n) is 1.21. The number of rotatable bonds is 3. The topological polar surface area (TPSA) is 41.1 Å². The Morgan fingerprint density at radius 1 is 1.29 bits per heavy atom. The van der Waals surface area contributed by atoms with Gasteiger partial charge < -0.3 is 10.6 Å². The molecule has 94 valence electrons. The highest BCUT2D eigenvalue weighted by Gasteiger charge is 2.10. The third-order valence-electron chi connectivity index (χ3n) is 2.79. The minimum atomic E-state index is -0.203. The maximum Gasteiger partial charge on any atom is 0.319 e. The number of hydrogen-bond donors (Lipinski definition) is 2. The molecule has 0 saturated heterocycles. The van der Waals surface area contributed by atoms with E-state index >= 15 is 0 Å². The summed E-state index contributed by atoms with van der Waals surface area (Å²) in [4.78, 5) is 11.7. The van der Waals surface area contributed by atoms with Crippen molar-refractivity contribution in [1.82, 2.24) is 5.32 Å². The Morgan fingerprint density at radius 3 is 2.47 bits per heavy atom. The van der Waals surface area contributed by atoms with E-state index in [1.54, 1.807) is 6.07 Å². The van der Waals surface area contributed by atoms with Gasteiger partial charge in [-0.25, -0.2) is 4.79 Å². The summed E-state index contributed by atoms with van der Waals surface area (Å²) in [5.41, 5.74) is 1.70. The number of halogens is 1. The lowest BCUT2D eigenvalue weighted by Gasteiger charge is -2.18. The van der Waals surface area contributed by atoms with E-state index in [-0.39, 0.29) is 12.1 Å². The van der Waals surface area contributed by atoms with Crippen LogP contribution < -0.4 is 10.6 Å². The van der Waals surface area contributed by atoms with E-state index in [1.807, 2.05) is 26.0 Å². The molecule has 0 aromatic heterocycles. The summed E-state index contributed by atoms with van der Waals surface area (Å²) in [6.07, 6.45) is 0. The van der Waals surface area contributed by atoms with Gasteiger partial charge in [0, 0.05) is 16.8 Å². The van der Waals surface area contributed by atoms with Crippen LogP contribution in [-0.4, -0.2) is 12.1 Å². The lowest BCUT2D eigenvalue weighted by molar-refractivity contribution is 0.246. The summed E-state index contributed by atoms with van der Waals surface area (Å²) in [5, 5.41) is 6.28.